The molecule has 0 saturated carbocycles. The van der Waals surface area contributed by atoms with Crippen LogP contribution in [-0.2, 0) is 4.74 Å². The van der Waals surface area contributed by atoms with Crippen molar-refractivity contribution in [2.45, 2.75) is 13.0 Å². The number of carbonyl (C=O) groups excluding carboxylic acids is 2. The van der Waals surface area contributed by atoms with Gasteiger partial charge in [0.25, 0.3) is 5.91 Å². The number of aromatic nitrogens is 1. The SMILES string of the molecule is Cc1cc(C(=O)N2CCN3C(=O)OC[C@@H]3C2)cc2sc(N)nc12. The van der Waals surface area contributed by atoms with E-state index in [0.29, 0.717) is 36.9 Å². The first kappa shape index (κ1) is 14.3. The van der Waals surface area contributed by atoms with Gasteiger partial charge >= 0.3 is 6.09 Å². The number of nitrogens with zero attached hydrogens (tertiary/aromatic N) is 3. The van der Waals surface area contributed by atoms with Gasteiger partial charge in [0.2, 0.25) is 0 Å². The summed E-state index contributed by atoms with van der Waals surface area (Å²) in [6, 6.07) is 3.66. The van der Waals surface area contributed by atoms with E-state index in [0.717, 1.165) is 15.8 Å². The van der Waals surface area contributed by atoms with Crippen molar-refractivity contribution >= 4 is 38.7 Å². The minimum absolute atomic E-state index is 0.0269. The van der Waals surface area contributed by atoms with Gasteiger partial charge < -0.3 is 15.4 Å². The molecule has 0 aliphatic carbocycles. The molecule has 2 N–H and O–H groups in total. The van der Waals surface area contributed by atoms with E-state index >= 15 is 0 Å². The fourth-order valence-corrected chi connectivity index (χ4v) is 4.04. The highest BCUT2D eigenvalue weighted by atomic mass is 32.1. The molecule has 2 aliphatic heterocycles. The second-order valence-corrected chi connectivity index (χ2v) is 6.93. The molecule has 0 spiro atoms. The number of hydrogen-bond donors (Lipinski definition) is 1. The summed E-state index contributed by atoms with van der Waals surface area (Å²) in [7, 11) is 0. The maximum atomic E-state index is 12.8. The predicted molar refractivity (Wildman–Crippen MR) is 86.5 cm³/mol. The van der Waals surface area contributed by atoms with Crippen LogP contribution in [0.3, 0.4) is 0 Å². The predicted octanol–water partition coefficient (Wildman–Crippen LogP) is 1.46. The molecule has 0 radical (unpaired) electrons. The van der Waals surface area contributed by atoms with Gasteiger partial charge in [0.1, 0.15) is 6.61 Å². The lowest BCUT2D eigenvalue weighted by Crippen LogP contribution is -2.53. The molecule has 1 atom stereocenters. The Kier molecular flexibility index (Phi) is 3.15. The van der Waals surface area contributed by atoms with Gasteiger partial charge in [-0.25, -0.2) is 9.78 Å². The van der Waals surface area contributed by atoms with Crippen LogP contribution >= 0.6 is 11.3 Å². The molecule has 2 aliphatic rings. The van der Waals surface area contributed by atoms with E-state index in [1.807, 2.05) is 19.1 Å². The largest absolute Gasteiger partial charge is 0.447 e. The molecule has 2 aromatic rings. The number of nitrogen functional groups attached to an aromatic ring is 1. The number of amides is 2. The molecule has 0 unspecified atom stereocenters. The number of ether oxygens (including phenoxy) is 1. The zero-order valence-electron chi connectivity index (χ0n) is 12.6. The fraction of sp³-hybridized carbons (Fsp3) is 0.400. The van der Waals surface area contributed by atoms with Gasteiger partial charge in [0.05, 0.1) is 16.3 Å². The van der Waals surface area contributed by atoms with Gasteiger partial charge in [-0.15, -0.1) is 0 Å². The van der Waals surface area contributed by atoms with Gasteiger partial charge in [-0.3, -0.25) is 9.69 Å². The first-order valence-electron chi connectivity index (χ1n) is 7.42. The van der Waals surface area contributed by atoms with Gasteiger partial charge in [-0.2, -0.15) is 0 Å². The van der Waals surface area contributed by atoms with Crippen LogP contribution in [0.2, 0.25) is 0 Å². The maximum absolute atomic E-state index is 12.8. The average Bonchev–Trinajstić information content (AvgIpc) is 3.09. The third-order valence-corrected chi connectivity index (χ3v) is 5.18. The summed E-state index contributed by atoms with van der Waals surface area (Å²) in [5.41, 5.74) is 8.19. The summed E-state index contributed by atoms with van der Waals surface area (Å²) < 4.78 is 5.96. The molecule has 4 rings (SSSR count). The first-order valence-corrected chi connectivity index (χ1v) is 8.24. The Balaban J connectivity index is 1.61. The number of carbonyl (C=O) groups is 2. The van der Waals surface area contributed by atoms with Gasteiger partial charge in [-0.1, -0.05) is 11.3 Å². The van der Waals surface area contributed by atoms with E-state index in [9.17, 15) is 9.59 Å². The molecule has 2 saturated heterocycles. The van der Waals surface area contributed by atoms with E-state index < -0.39 is 0 Å². The van der Waals surface area contributed by atoms with Crippen molar-refractivity contribution in [2.75, 3.05) is 32.0 Å². The van der Waals surface area contributed by atoms with Gasteiger partial charge in [0.15, 0.2) is 5.13 Å². The molecular formula is C15H16N4O3S. The minimum atomic E-state index is -0.278. The van der Waals surface area contributed by atoms with E-state index in [-0.39, 0.29) is 18.0 Å². The van der Waals surface area contributed by atoms with Crippen LogP contribution in [0.5, 0.6) is 0 Å². The van der Waals surface area contributed by atoms with Crippen molar-refractivity contribution < 1.29 is 14.3 Å². The molecule has 0 bridgehead atoms. The number of thiazole rings is 1. The molecule has 23 heavy (non-hydrogen) atoms. The van der Waals surface area contributed by atoms with Crippen LogP contribution in [0.4, 0.5) is 9.93 Å². The molecular weight excluding hydrogens is 316 g/mol. The number of fused-ring (bicyclic) bond motifs is 2. The summed E-state index contributed by atoms with van der Waals surface area (Å²) in [6.45, 7) is 3.83. The van der Waals surface area contributed by atoms with E-state index in [1.165, 1.54) is 11.3 Å². The number of aryl methyl sites for hydroxylation is 1. The number of hydrogen-bond acceptors (Lipinski definition) is 6. The number of benzene rings is 1. The summed E-state index contributed by atoms with van der Waals surface area (Å²) in [6.07, 6.45) is -0.278. The molecule has 2 fully saturated rings. The maximum Gasteiger partial charge on any atom is 0.410 e. The van der Waals surface area contributed by atoms with Crippen LogP contribution in [0.25, 0.3) is 10.2 Å². The van der Waals surface area contributed by atoms with Crippen molar-refractivity contribution in [3.05, 3.63) is 23.3 Å². The third kappa shape index (κ3) is 2.29. The number of rotatable bonds is 1. The summed E-state index contributed by atoms with van der Waals surface area (Å²) in [5.74, 6) is -0.0269. The zero-order chi connectivity index (χ0) is 16.1. The highest BCUT2D eigenvalue weighted by Crippen LogP contribution is 2.28. The lowest BCUT2D eigenvalue weighted by atomic mass is 10.1. The normalized spacial score (nSPS) is 20.7. The summed E-state index contributed by atoms with van der Waals surface area (Å²) in [4.78, 5) is 32.1. The average molecular weight is 332 g/mol. The lowest BCUT2D eigenvalue weighted by Gasteiger charge is -2.35. The van der Waals surface area contributed by atoms with Crippen LogP contribution in [0.15, 0.2) is 12.1 Å². The number of cyclic esters (lactones) is 1. The smallest absolute Gasteiger partial charge is 0.410 e. The second kappa shape index (κ2) is 5.09. The van der Waals surface area contributed by atoms with Crippen molar-refractivity contribution in [3.8, 4) is 0 Å². The van der Waals surface area contributed by atoms with E-state index in [1.54, 1.807) is 9.80 Å². The Bertz CT molecular complexity index is 818. The number of piperazine rings is 1. The molecule has 1 aromatic carbocycles. The monoisotopic (exact) mass is 332 g/mol. The third-order valence-electron chi connectivity index (χ3n) is 4.35. The van der Waals surface area contributed by atoms with E-state index in [4.69, 9.17) is 10.5 Å². The standard InChI is InChI=1S/C15H16N4O3S/c1-8-4-9(5-11-12(8)17-14(16)23-11)13(20)18-2-3-19-10(6-18)7-22-15(19)21/h4-5,10H,2-3,6-7H2,1H3,(H2,16,17)/t10-/m0/s1. The van der Waals surface area contributed by atoms with Crippen molar-refractivity contribution in [1.82, 2.24) is 14.8 Å². The van der Waals surface area contributed by atoms with Crippen molar-refractivity contribution in [3.63, 3.8) is 0 Å². The Morgan fingerprint density at radius 1 is 1.43 bits per heavy atom. The number of nitrogens with two attached hydrogens (primary N) is 1. The Labute approximate surface area is 136 Å². The van der Waals surface area contributed by atoms with Gasteiger partial charge in [0, 0.05) is 25.2 Å². The minimum Gasteiger partial charge on any atom is -0.447 e. The van der Waals surface area contributed by atoms with Crippen LogP contribution in [-0.4, -0.2) is 59.1 Å². The fourth-order valence-electron chi connectivity index (χ4n) is 3.19. The quantitative estimate of drug-likeness (QED) is 0.854. The van der Waals surface area contributed by atoms with E-state index in [2.05, 4.69) is 4.98 Å². The molecule has 120 valence electrons. The Morgan fingerprint density at radius 3 is 3.09 bits per heavy atom. The van der Waals surface area contributed by atoms with Crippen LogP contribution < -0.4 is 5.73 Å². The Hall–Kier alpha value is -2.35. The van der Waals surface area contributed by atoms with Crippen LogP contribution in [0.1, 0.15) is 15.9 Å². The van der Waals surface area contributed by atoms with Crippen LogP contribution in [0, 0.1) is 6.92 Å². The highest BCUT2D eigenvalue weighted by Gasteiger charge is 2.38. The molecule has 8 heteroatoms. The topological polar surface area (TPSA) is 88.8 Å². The number of anilines is 1. The first-order chi connectivity index (χ1) is 11.0. The summed E-state index contributed by atoms with van der Waals surface area (Å²) in [5, 5.41) is 0.503. The highest BCUT2D eigenvalue weighted by molar-refractivity contribution is 7.22. The van der Waals surface area contributed by atoms with Gasteiger partial charge in [-0.05, 0) is 24.6 Å². The lowest BCUT2D eigenvalue weighted by molar-refractivity contribution is 0.0617. The Morgan fingerprint density at radius 2 is 2.26 bits per heavy atom. The second-order valence-electron chi connectivity index (χ2n) is 5.87. The van der Waals surface area contributed by atoms with Crippen molar-refractivity contribution in [1.29, 1.82) is 0 Å². The molecule has 3 heterocycles. The van der Waals surface area contributed by atoms with Crippen molar-refractivity contribution in [2.24, 2.45) is 0 Å². The zero-order valence-corrected chi connectivity index (χ0v) is 13.4. The molecule has 1 aromatic heterocycles. The summed E-state index contributed by atoms with van der Waals surface area (Å²) >= 11 is 1.38. The molecule has 7 nitrogen and oxygen atoms in total. The molecule has 2 amide bonds.